The van der Waals surface area contributed by atoms with E-state index in [2.05, 4.69) is 20.9 Å². The SMILES string of the molecule is CCOc1cc(NC(=O)c2ccc(C)cc2)c(OCC)cc1NC(=O)CCn1nnc2ccccc21. The number of aromatic nitrogens is 3. The summed E-state index contributed by atoms with van der Waals surface area (Å²) in [5.41, 5.74) is 4.16. The summed E-state index contributed by atoms with van der Waals surface area (Å²) < 4.78 is 13.2. The quantitative estimate of drug-likeness (QED) is 0.332. The third-order valence-electron chi connectivity index (χ3n) is 5.49. The highest BCUT2D eigenvalue weighted by Crippen LogP contribution is 2.37. The summed E-state index contributed by atoms with van der Waals surface area (Å²) in [4.78, 5) is 25.6. The minimum atomic E-state index is -0.268. The van der Waals surface area contributed by atoms with Crippen LogP contribution in [0.3, 0.4) is 0 Å². The predicted octanol–water partition coefficient (Wildman–Crippen LogP) is 4.82. The number of fused-ring (bicyclic) bond motifs is 1. The molecule has 0 spiro atoms. The lowest BCUT2D eigenvalue weighted by Crippen LogP contribution is -2.17. The first-order valence-corrected chi connectivity index (χ1v) is 11.9. The van der Waals surface area contributed by atoms with Gasteiger partial charge in [0.15, 0.2) is 0 Å². The molecule has 186 valence electrons. The third kappa shape index (κ3) is 5.80. The molecule has 1 heterocycles. The number of rotatable bonds is 10. The molecule has 0 aliphatic carbocycles. The van der Waals surface area contributed by atoms with Crippen molar-refractivity contribution in [2.75, 3.05) is 23.8 Å². The van der Waals surface area contributed by atoms with Gasteiger partial charge in [0.2, 0.25) is 5.91 Å². The van der Waals surface area contributed by atoms with Crippen molar-refractivity contribution in [1.82, 2.24) is 15.0 Å². The van der Waals surface area contributed by atoms with Gasteiger partial charge in [-0.2, -0.15) is 0 Å². The monoisotopic (exact) mass is 487 g/mol. The van der Waals surface area contributed by atoms with Gasteiger partial charge < -0.3 is 20.1 Å². The zero-order chi connectivity index (χ0) is 25.5. The topological polar surface area (TPSA) is 107 Å². The maximum Gasteiger partial charge on any atom is 0.255 e. The van der Waals surface area contributed by atoms with Crippen LogP contribution in [0.4, 0.5) is 11.4 Å². The first-order chi connectivity index (χ1) is 17.5. The number of amides is 2. The molecule has 0 unspecified atom stereocenters. The second-order valence-corrected chi connectivity index (χ2v) is 8.13. The Morgan fingerprint density at radius 2 is 1.53 bits per heavy atom. The van der Waals surface area contributed by atoms with Crippen molar-refractivity contribution < 1.29 is 19.1 Å². The Bertz CT molecular complexity index is 1360. The highest BCUT2D eigenvalue weighted by Gasteiger charge is 2.17. The largest absolute Gasteiger partial charge is 0.492 e. The third-order valence-corrected chi connectivity index (χ3v) is 5.49. The number of carbonyl (C=O) groups is 2. The summed E-state index contributed by atoms with van der Waals surface area (Å²) in [5, 5.41) is 14.1. The molecule has 0 aliphatic rings. The molecule has 1 aromatic heterocycles. The van der Waals surface area contributed by atoms with Crippen LogP contribution in [0.1, 0.15) is 36.2 Å². The molecular formula is C27H29N5O4. The standard InChI is InChI=1S/C27H29N5O4/c1-4-35-24-17-22(29-27(34)19-12-10-18(3)11-13-19)25(36-5-2)16-21(24)28-26(33)14-15-32-23-9-7-6-8-20(23)30-31-32/h6-13,16-17H,4-5,14-15H2,1-3H3,(H,28,33)(H,29,34). The second kappa shape index (κ2) is 11.4. The first-order valence-electron chi connectivity index (χ1n) is 11.9. The second-order valence-electron chi connectivity index (χ2n) is 8.13. The zero-order valence-corrected chi connectivity index (χ0v) is 20.6. The van der Waals surface area contributed by atoms with Gasteiger partial charge >= 0.3 is 0 Å². The van der Waals surface area contributed by atoms with Crippen LogP contribution in [-0.2, 0) is 11.3 Å². The number of ether oxygens (including phenoxy) is 2. The van der Waals surface area contributed by atoms with Gasteiger partial charge in [-0.25, -0.2) is 4.68 Å². The Morgan fingerprint density at radius 1 is 0.889 bits per heavy atom. The van der Waals surface area contributed by atoms with Crippen LogP contribution in [0.15, 0.2) is 60.7 Å². The van der Waals surface area contributed by atoms with E-state index in [1.807, 2.05) is 57.2 Å². The van der Waals surface area contributed by atoms with Crippen LogP contribution in [0, 0.1) is 6.92 Å². The summed E-state index contributed by atoms with van der Waals surface area (Å²) in [6, 6.07) is 18.2. The van der Waals surface area contributed by atoms with E-state index in [9.17, 15) is 9.59 Å². The fraction of sp³-hybridized carbons (Fsp3) is 0.259. The number of benzene rings is 3. The van der Waals surface area contributed by atoms with Gasteiger partial charge in [0.1, 0.15) is 17.0 Å². The van der Waals surface area contributed by atoms with Crippen LogP contribution in [0.25, 0.3) is 11.0 Å². The maximum atomic E-state index is 12.8. The van der Waals surface area contributed by atoms with Crippen molar-refractivity contribution in [1.29, 1.82) is 0 Å². The van der Waals surface area contributed by atoms with E-state index in [-0.39, 0.29) is 18.2 Å². The van der Waals surface area contributed by atoms with E-state index in [4.69, 9.17) is 9.47 Å². The van der Waals surface area contributed by atoms with Crippen molar-refractivity contribution >= 4 is 34.2 Å². The fourth-order valence-electron chi connectivity index (χ4n) is 3.71. The van der Waals surface area contributed by atoms with Gasteiger partial charge in [-0.05, 0) is 45.0 Å². The van der Waals surface area contributed by atoms with Crippen molar-refractivity contribution in [3.05, 3.63) is 71.8 Å². The van der Waals surface area contributed by atoms with Crippen molar-refractivity contribution in [2.45, 2.75) is 33.7 Å². The average Bonchev–Trinajstić information content (AvgIpc) is 3.29. The van der Waals surface area contributed by atoms with Gasteiger partial charge in [0.25, 0.3) is 5.91 Å². The van der Waals surface area contributed by atoms with Gasteiger partial charge in [0.05, 0.1) is 36.6 Å². The van der Waals surface area contributed by atoms with Gasteiger partial charge in [-0.3, -0.25) is 9.59 Å². The first kappa shape index (κ1) is 24.7. The van der Waals surface area contributed by atoms with Crippen molar-refractivity contribution in [3.8, 4) is 11.5 Å². The van der Waals surface area contributed by atoms with Crippen molar-refractivity contribution in [2.24, 2.45) is 0 Å². The molecule has 2 amide bonds. The molecule has 0 fully saturated rings. The lowest BCUT2D eigenvalue weighted by atomic mass is 10.1. The van der Waals surface area contributed by atoms with Gasteiger partial charge in [0, 0.05) is 24.1 Å². The molecule has 9 heteroatoms. The number of hydrogen-bond acceptors (Lipinski definition) is 6. The molecule has 3 aromatic carbocycles. The lowest BCUT2D eigenvalue weighted by molar-refractivity contribution is -0.116. The van der Waals surface area contributed by atoms with Crippen LogP contribution < -0.4 is 20.1 Å². The molecule has 2 N–H and O–H groups in total. The Balaban J connectivity index is 1.52. The van der Waals surface area contributed by atoms with Crippen LogP contribution >= 0.6 is 0 Å². The number of nitrogens with one attached hydrogen (secondary N) is 2. The van der Waals surface area contributed by atoms with Crippen molar-refractivity contribution in [3.63, 3.8) is 0 Å². The molecule has 0 bridgehead atoms. The molecule has 4 rings (SSSR count). The minimum absolute atomic E-state index is 0.189. The number of hydrogen-bond donors (Lipinski definition) is 2. The van der Waals surface area contributed by atoms with E-state index >= 15 is 0 Å². The molecule has 9 nitrogen and oxygen atoms in total. The fourth-order valence-corrected chi connectivity index (χ4v) is 3.71. The van der Waals surface area contributed by atoms with Crippen LogP contribution in [0.5, 0.6) is 11.5 Å². The van der Waals surface area contributed by atoms with E-state index in [0.29, 0.717) is 48.2 Å². The smallest absolute Gasteiger partial charge is 0.255 e. The molecular weight excluding hydrogens is 458 g/mol. The molecule has 36 heavy (non-hydrogen) atoms. The molecule has 0 saturated heterocycles. The minimum Gasteiger partial charge on any atom is -0.492 e. The lowest BCUT2D eigenvalue weighted by Gasteiger charge is -2.18. The van der Waals surface area contributed by atoms with E-state index in [1.54, 1.807) is 28.9 Å². The Kier molecular flexibility index (Phi) is 7.79. The summed E-state index contributed by atoms with van der Waals surface area (Å²) in [6.07, 6.45) is 0.189. The number of anilines is 2. The highest BCUT2D eigenvalue weighted by atomic mass is 16.5. The van der Waals surface area contributed by atoms with Gasteiger partial charge in [-0.15, -0.1) is 5.10 Å². The molecule has 0 atom stereocenters. The average molecular weight is 488 g/mol. The predicted molar refractivity (Wildman–Crippen MR) is 139 cm³/mol. The van der Waals surface area contributed by atoms with E-state index in [1.165, 1.54) is 0 Å². The zero-order valence-electron chi connectivity index (χ0n) is 20.6. The van der Waals surface area contributed by atoms with E-state index in [0.717, 1.165) is 16.6 Å². The summed E-state index contributed by atoms with van der Waals surface area (Å²) in [5.74, 6) is 0.378. The summed E-state index contributed by atoms with van der Waals surface area (Å²) >= 11 is 0. The van der Waals surface area contributed by atoms with E-state index < -0.39 is 0 Å². The molecule has 4 aromatic rings. The number of aryl methyl sites for hydroxylation is 2. The summed E-state index contributed by atoms with van der Waals surface area (Å²) in [7, 11) is 0. The normalized spacial score (nSPS) is 10.8. The number of carbonyl (C=O) groups excluding carboxylic acids is 2. The van der Waals surface area contributed by atoms with Crippen LogP contribution in [0.2, 0.25) is 0 Å². The van der Waals surface area contributed by atoms with Crippen LogP contribution in [-0.4, -0.2) is 40.0 Å². The Morgan fingerprint density at radius 3 is 2.19 bits per heavy atom. The maximum absolute atomic E-state index is 12.8. The Labute approximate surface area is 209 Å². The molecule has 0 radical (unpaired) electrons. The molecule has 0 aliphatic heterocycles. The Hall–Kier alpha value is -4.40. The number of para-hydroxylation sites is 1. The highest BCUT2D eigenvalue weighted by molar-refractivity contribution is 6.05. The molecule has 0 saturated carbocycles. The summed E-state index contributed by atoms with van der Waals surface area (Å²) in [6.45, 7) is 6.80. The number of nitrogens with zero attached hydrogens (tertiary/aromatic N) is 3. The van der Waals surface area contributed by atoms with Gasteiger partial charge in [-0.1, -0.05) is 35.0 Å².